The highest BCUT2D eigenvalue weighted by molar-refractivity contribution is 5.74. The Morgan fingerprint density at radius 1 is 0.947 bits per heavy atom. The van der Waals surface area contributed by atoms with Crippen molar-refractivity contribution in [3.63, 3.8) is 0 Å². The van der Waals surface area contributed by atoms with Gasteiger partial charge < -0.3 is 31.9 Å². The molecule has 0 aromatic rings. The van der Waals surface area contributed by atoms with Crippen LogP contribution in [0.5, 0.6) is 0 Å². The summed E-state index contributed by atoms with van der Waals surface area (Å²) < 4.78 is 0. The second kappa shape index (κ2) is 4.41. The third-order valence-electron chi connectivity index (χ3n) is 4.35. The van der Waals surface area contributed by atoms with Crippen LogP contribution in [0.3, 0.4) is 0 Å². The molecule has 0 spiro atoms. The van der Waals surface area contributed by atoms with E-state index >= 15 is 0 Å². The maximum absolute atomic E-state index is 10.7. The van der Waals surface area contributed by atoms with E-state index < -0.39 is 40.6 Å². The van der Waals surface area contributed by atoms with Gasteiger partial charge in [0.1, 0.15) is 23.3 Å². The van der Waals surface area contributed by atoms with E-state index in [1.807, 2.05) is 0 Å². The van der Waals surface area contributed by atoms with Crippen LogP contribution in [0.2, 0.25) is 0 Å². The number of nitrogens with two attached hydrogens (primary N) is 2. The number of aliphatic carboxylic acids is 2. The molecule has 1 saturated carbocycles. The van der Waals surface area contributed by atoms with Crippen LogP contribution < -0.4 is 11.5 Å². The first kappa shape index (κ1) is 15.8. The Morgan fingerprint density at radius 3 is 1.42 bits per heavy atom. The Kier molecular flexibility index (Phi) is 3.68. The van der Waals surface area contributed by atoms with E-state index in [0.717, 1.165) is 0 Å². The highest BCUT2D eigenvalue weighted by atomic mass is 16.4. The normalized spacial score (nSPS) is 35.5. The van der Waals surface area contributed by atoms with Gasteiger partial charge in [-0.15, -0.1) is 0 Å². The topological polar surface area (TPSA) is 167 Å². The van der Waals surface area contributed by atoms with Crippen LogP contribution >= 0.6 is 0 Å². The van der Waals surface area contributed by atoms with Crippen molar-refractivity contribution in [2.45, 2.75) is 50.0 Å². The molecule has 1 aliphatic carbocycles. The second-order valence-corrected chi connectivity index (χ2v) is 5.64. The summed E-state index contributed by atoms with van der Waals surface area (Å²) in [4.78, 5) is 21.4. The molecule has 0 aliphatic heterocycles. The van der Waals surface area contributed by atoms with Crippen molar-refractivity contribution in [2.75, 3.05) is 0 Å². The highest BCUT2D eigenvalue weighted by Crippen LogP contribution is 2.68. The SMILES string of the molecule is CC1(C)[C@](O)(C[C@H](N)C(=O)O)[C@]1(O)C[C@H](N)C(=O)O. The van der Waals surface area contributed by atoms with E-state index in [4.69, 9.17) is 21.7 Å². The van der Waals surface area contributed by atoms with Gasteiger partial charge in [0.05, 0.1) is 0 Å². The number of aliphatic hydroxyl groups is 2. The van der Waals surface area contributed by atoms with Gasteiger partial charge in [0.2, 0.25) is 0 Å². The van der Waals surface area contributed by atoms with Crippen LogP contribution in [0.25, 0.3) is 0 Å². The molecule has 0 radical (unpaired) electrons. The lowest BCUT2D eigenvalue weighted by Gasteiger charge is -2.19. The van der Waals surface area contributed by atoms with Crippen LogP contribution in [0, 0.1) is 5.41 Å². The standard InChI is InChI=1S/C11H20N2O6/c1-9(2)10(18,3-5(12)7(14)15)11(9,19)4-6(13)8(16)17/h5-6,18-19H,3-4,12-13H2,1-2H3,(H,14,15)(H,16,17)/t5-,6-,10-,11+/m0/s1. The molecule has 110 valence electrons. The molecule has 4 atom stereocenters. The second-order valence-electron chi connectivity index (χ2n) is 5.64. The van der Waals surface area contributed by atoms with Gasteiger partial charge in [0.25, 0.3) is 0 Å². The van der Waals surface area contributed by atoms with E-state index in [-0.39, 0.29) is 12.8 Å². The molecule has 1 fully saturated rings. The van der Waals surface area contributed by atoms with Crippen molar-refractivity contribution in [1.82, 2.24) is 0 Å². The number of carbonyl (C=O) groups is 2. The Balaban J connectivity index is 2.91. The maximum atomic E-state index is 10.7. The average molecular weight is 276 g/mol. The fourth-order valence-electron chi connectivity index (χ4n) is 2.67. The molecule has 0 heterocycles. The van der Waals surface area contributed by atoms with Crippen molar-refractivity contribution in [1.29, 1.82) is 0 Å². The molecule has 0 unspecified atom stereocenters. The lowest BCUT2D eigenvalue weighted by molar-refractivity contribution is -0.142. The summed E-state index contributed by atoms with van der Waals surface area (Å²) in [7, 11) is 0. The molecule has 8 N–H and O–H groups in total. The predicted molar refractivity (Wildman–Crippen MR) is 64.1 cm³/mol. The summed E-state index contributed by atoms with van der Waals surface area (Å²) in [6.45, 7) is 3.02. The molecule has 0 aromatic carbocycles. The lowest BCUT2D eigenvalue weighted by atomic mass is 10.00. The average Bonchev–Trinajstić information content (AvgIpc) is 2.57. The summed E-state index contributed by atoms with van der Waals surface area (Å²) in [5.74, 6) is -2.61. The number of carboxylic acids is 2. The quantitative estimate of drug-likeness (QED) is 0.327. The molecular weight excluding hydrogens is 256 g/mol. The number of rotatable bonds is 6. The minimum absolute atomic E-state index is 0.377. The van der Waals surface area contributed by atoms with Crippen molar-refractivity contribution in [3.05, 3.63) is 0 Å². The van der Waals surface area contributed by atoms with E-state index in [2.05, 4.69) is 0 Å². The van der Waals surface area contributed by atoms with Gasteiger partial charge in [-0.1, -0.05) is 13.8 Å². The van der Waals surface area contributed by atoms with Crippen molar-refractivity contribution in [3.8, 4) is 0 Å². The Bertz CT molecular complexity index is 376. The van der Waals surface area contributed by atoms with Gasteiger partial charge in [-0.2, -0.15) is 0 Å². The lowest BCUT2D eigenvalue weighted by Crippen LogP contribution is -2.42. The minimum atomic E-state index is -1.77. The van der Waals surface area contributed by atoms with Crippen LogP contribution in [0.4, 0.5) is 0 Å². The van der Waals surface area contributed by atoms with E-state index in [1.54, 1.807) is 0 Å². The summed E-state index contributed by atoms with van der Waals surface area (Å²) in [5, 5.41) is 38.3. The Morgan fingerprint density at radius 2 is 1.21 bits per heavy atom. The van der Waals surface area contributed by atoms with E-state index in [1.165, 1.54) is 13.8 Å². The Labute approximate surface area is 110 Å². The van der Waals surface area contributed by atoms with Gasteiger partial charge in [-0.05, 0) is 0 Å². The van der Waals surface area contributed by atoms with Crippen molar-refractivity contribution in [2.24, 2.45) is 16.9 Å². The zero-order valence-electron chi connectivity index (χ0n) is 10.8. The summed E-state index contributed by atoms with van der Waals surface area (Å²) in [6, 6.07) is -2.70. The first-order valence-electron chi connectivity index (χ1n) is 5.82. The van der Waals surface area contributed by atoms with Crippen LogP contribution in [0.15, 0.2) is 0 Å². The Hall–Kier alpha value is -1.22. The zero-order chi connectivity index (χ0) is 15.2. The molecule has 19 heavy (non-hydrogen) atoms. The third-order valence-corrected chi connectivity index (χ3v) is 4.35. The van der Waals surface area contributed by atoms with Gasteiger partial charge in [-0.3, -0.25) is 9.59 Å². The molecule has 0 aromatic heterocycles. The first-order valence-corrected chi connectivity index (χ1v) is 5.82. The van der Waals surface area contributed by atoms with Crippen LogP contribution in [-0.4, -0.2) is 55.7 Å². The van der Waals surface area contributed by atoms with Gasteiger partial charge >= 0.3 is 11.9 Å². The van der Waals surface area contributed by atoms with Gasteiger partial charge in [-0.25, -0.2) is 0 Å². The minimum Gasteiger partial charge on any atom is -0.480 e. The largest absolute Gasteiger partial charge is 0.480 e. The molecule has 0 amide bonds. The number of hydrogen-bond donors (Lipinski definition) is 6. The first-order chi connectivity index (χ1) is 8.40. The molecule has 8 heteroatoms. The predicted octanol–water partition coefficient (Wildman–Crippen LogP) is -1.91. The molecule has 0 saturated heterocycles. The van der Waals surface area contributed by atoms with Gasteiger partial charge in [0, 0.05) is 18.3 Å². The van der Waals surface area contributed by atoms with Crippen LogP contribution in [-0.2, 0) is 9.59 Å². The molecule has 8 nitrogen and oxygen atoms in total. The van der Waals surface area contributed by atoms with Crippen molar-refractivity contribution < 1.29 is 30.0 Å². The van der Waals surface area contributed by atoms with E-state index in [9.17, 15) is 19.8 Å². The zero-order valence-corrected chi connectivity index (χ0v) is 10.8. The summed E-state index contributed by atoms with van der Waals surface area (Å²) in [5.41, 5.74) is 6.09. The molecule has 0 bridgehead atoms. The van der Waals surface area contributed by atoms with E-state index in [0.29, 0.717) is 0 Å². The maximum Gasteiger partial charge on any atom is 0.320 e. The fraction of sp³-hybridized carbons (Fsp3) is 0.818. The van der Waals surface area contributed by atoms with Crippen LogP contribution in [0.1, 0.15) is 26.7 Å². The monoisotopic (exact) mass is 276 g/mol. The summed E-state index contributed by atoms with van der Waals surface area (Å²) >= 11 is 0. The number of carboxylic acid groups (broad SMARTS) is 2. The summed E-state index contributed by atoms with van der Waals surface area (Å²) in [6.07, 6.45) is -0.754. The molecule has 1 rings (SSSR count). The van der Waals surface area contributed by atoms with Gasteiger partial charge in [0.15, 0.2) is 0 Å². The fourth-order valence-corrected chi connectivity index (χ4v) is 2.67. The molecule has 1 aliphatic rings. The smallest absolute Gasteiger partial charge is 0.320 e. The molecular formula is C11H20N2O6. The third kappa shape index (κ3) is 2.10. The number of hydrogen-bond acceptors (Lipinski definition) is 6. The highest BCUT2D eigenvalue weighted by Gasteiger charge is 2.82. The van der Waals surface area contributed by atoms with Crippen molar-refractivity contribution >= 4 is 11.9 Å².